The Morgan fingerprint density at radius 2 is 1.91 bits per heavy atom. The fourth-order valence-electron chi connectivity index (χ4n) is 1.80. The van der Waals surface area contributed by atoms with E-state index < -0.39 is 12.1 Å². The van der Waals surface area contributed by atoms with Gasteiger partial charge in [0, 0.05) is 17.1 Å². The van der Waals surface area contributed by atoms with Gasteiger partial charge in [0.2, 0.25) is 5.91 Å². The molecule has 8 heteroatoms. The van der Waals surface area contributed by atoms with Crippen LogP contribution in [-0.2, 0) is 22.6 Å². The van der Waals surface area contributed by atoms with E-state index in [0.29, 0.717) is 5.56 Å². The fraction of sp³-hybridized carbons (Fsp3) is 0.200. The Hall–Kier alpha value is -2.35. The minimum absolute atomic E-state index is 0.0253. The molecule has 0 unspecified atom stereocenters. The van der Waals surface area contributed by atoms with Crippen LogP contribution in [0.5, 0.6) is 0 Å². The lowest BCUT2D eigenvalue weighted by atomic mass is 10.2. The summed E-state index contributed by atoms with van der Waals surface area (Å²) in [5.41, 5.74) is 0.613. The van der Waals surface area contributed by atoms with Crippen LogP contribution in [0.1, 0.15) is 10.4 Å². The molecule has 0 bridgehead atoms. The second kappa shape index (κ2) is 7.28. The van der Waals surface area contributed by atoms with Crippen molar-refractivity contribution in [3.63, 3.8) is 0 Å². The van der Waals surface area contributed by atoms with Crippen LogP contribution in [0, 0.1) is 0 Å². The van der Waals surface area contributed by atoms with E-state index in [9.17, 15) is 22.8 Å². The van der Waals surface area contributed by atoms with Crippen molar-refractivity contribution in [3.8, 4) is 0 Å². The summed E-state index contributed by atoms with van der Waals surface area (Å²) >= 11 is 1.47. The van der Waals surface area contributed by atoms with E-state index >= 15 is 0 Å². The molecule has 0 fully saturated rings. The number of benzene rings is 1. The topological polar surface area (TPSA) is 58.2 Å². The van der Waals surface area contributed by atoms with Crippen LogP contribution < -0.4 is 10.6 Å². The summed E-state index contributed by atoms with van der Waals surface area (Å²) < 4.78 is 36.6. The zero-order valence-electron chi connectivity index (χ0n) is 11.8. The van der Waals surface area contributed by atoms with Crippen molar-refractivity contribution in [2.45, 2.75) is 19.1 Å². The van der Waals surface area contributed by atoms with E-state index in [2.05, 4.69) is 5.32 Å². The average molecular weight is 342 g/mol. The summed E-state index contributed by atoms with van der Waals surface area (Å²) in [5.74, 6) is -2.21. The lowest BCUT2D eigenvalue weighted by Gasteiger charge is -2.10. The fourth-order valence-corrected chi connectivity index (χ4v) is 2.50. The Bertz CT molecular complexity index is 684. The third-order valence-corrected chi connectivity index (χ3v) is 3.72. The zero-order chi connectivity index (χ0) is 16.9. The summed E-state index contributed by atoms with van der Waals surface area (Å²) in [4.78, 5) is 23.6. The van der Waals surface area contributed by atoms with Gasteiger partial charge in [-0.05, 0) is 29.1 Å². The molecule has 1 heterocycles. The number of nitrogens with one attached hydrogen (secondary N) is 2. The highest BCUT2D eigenvalue weighted by molar-refractivity contribution is 7.10. The molecule has 0 aliphatic carbocycles. The van der Waals surface area contributed by atoms with E-state index in [1.54, 1.807) is 11.4 Å². The molecular formula is C15H13F3N2O2S. The molecule has 0 atom stereocenters. The smallest absolute Gasteiger partial charge is 0.352 e. The van der Waals surface area contributed by atoms with Gasteiger partial charge in [-0.3, -0.25) is 9.59 Å². The average Bonchev–Trinajstić information content (AvgIpc) is 2.97. The Morgan fingerprint density at radius 3 is 2.57 bits per heavy atom. The standard InChI is InChI=1S/C15H13F3N2O2S/c16-15(17,18)14(22)20-11-4-1-3-10(7-11)9-19-13(21)8-12-5-2-6-23-12/h1-7H,8-9H2,(H,19,21)(H,20,22). The maximum absolute atomic E-state index is 12.2. The van der Waals surface area contributed by atoms with Gasteiger partial charge in [-0.15, -0.1) is 11.3 Å². The SMILES string of the molecule is O=C(Cc1cccs1)NCc1cccc(NC(=O)C(F)(F)F)c1. The van der Waals surface area contributed by atoms with E-state index in [0.717, 1.165) is 4.88 Å². The molecule has 2 amide bonds. The van der Waals surface area contributed by atoms with Crippen LogP contribution >= 0.6 is 11.3 Å². The first-order valence-electron chi connectivity index (χ1n) is 6.61. The van der Waals surface area contributed by atoms with Crippen molar-refractivity contribution in [2.24, 2.45) is 0 Å². The maximum atomic E-state index is 12.2. The number of hydrogen-bond donors (Lipinski definition) is 2. The summed E-state index contributed by atoms with van der Waals surface area (Å²) in [6, 6.07) is 9.58. The molecule has 2 N–H and O–H groups in total. The van der Waals surface area contributed by atoms with E-state index in [4.69, 9.17) is 0 Å². The van der Waals surface area contributed by atoms with E-state index in [1.165, 1.54) is 29.5 Å². The zero-order valence-corrected chi connectivity index (χ0v) is 12.6. The molecule has 0 saturated heterocycles. The van der Waals surface area contributed by atoms with Crippen LogP contribution in [0.4, 0.5) is 18.9 Å². The lowest BCUT2D eigenvalue weighted by Crippen LogP contribution is -2.30. The van der Waals surface area contributed by atoms with Crippen LogP contribution in [0.25, 0.3) is 0 Å². The molecule has 0 aliphatic rings. The third-order valence-electron chi connectivity index (χ3n) is 2.85. The van der Waals surface area contributed by atoms with Crippen LogP contribution in [0.2, 0.25) is 0 Å². The second-order valence-corrected chi connectivity index (χ2v) is 5.72. The van der Waals surface area contributed by atoms with Crippen molar-refractivity contribution in [3.05, 3.63) is 52.2 Å². The van der Waals surface area contributed by atoms with E-state index in [1.807, 2.05) is 17.5 Å². The highest BCUT2D eigenvalue weighted by Gasteiger charge is 2.38. The molecule has 0 spiro atoms. The van der Waals surface area contributed by atoms with Crippen LogP contribution in [0.3, 0.4) is 0 Å². The number of halogens is 3. The predicted molar refractivity (Wildman–Crippen MR) is 81.0 cm³/mol. The van der Waals surface area contributed by atoms with Crippen molar-refractivity contribution in [2.75, 3.05) is 5.32 Å². The molecule has 2 aromatic rings. The Labute approximate surface area is 134 Å². The number of hydrogen-bond acceptors (Lipinski definition) is 3. The minimum atomic E-state index is -4.94. The monoisotopic (exact) mass is 342 g/mol. The molecule has 0 aliphatic heterocycles. The number of anilines is 1. The Morgan fingerprint density at radius 1 is 1.13 bits per heavy atom. The quantitative estimate of drug-likeness (QED) is 0.877. The molecule has 2 rings (SSSR count). The number of carbonyl (C=O) groups excluding carboxylic acids is 2. The molecule has 122 valence electrons. The van der Waals surface area contributed by atoms with Gasteiger partial charge in [-0.2, -0.15) is 13.2 Å². The number of carbonyl (C=O) groups is 2. The van der Waals surface area contributed by atoms with Gasteiger partial charge in [0.1, 0.15) is 0 Å². The van der Waals surface area contributed by atoms with E-state index in [-0.39, 0.29) is 24.6 Å². The first-order valence-corrected chi connectivity index (χ1v) is 7.49. The van der Waals surface area contributed by atoms with Gasteiger partial charge >= 0.3 is 12.1 Å². The van der Waals surface area contributed by atoms with Crippen molar-refractivity contribution < 1.29 is 22.8 Å². The Balaban J connectivity index is 1.90. The summed E-state index contributed by atoms with van der Waals surface area (Å²) in [7, 11) is 0. The largest absolute Gasteiger partial charge is 0.471 e. The van der Waals surface area contributed by atoms with Crippen molar-refractivity contribution >= 4 is 28.8 Å². The van der Waals surface area contributed by atoms with Gasteiger partial charge in [0.05, 0.1) is 6.42 Å². The normalized spacial score (nSPS) is 11.1. The predicted octanol–water partition coefficient (Wildman–Crippen LogP) is 3.11. The summed E-state index contributed by atoms with van der Waals surface area (Å²) in [5, 5.41) is 6.32. The minimum Gasteiger partial charge on any atom is -0.352 e. The number of alkyl halides is 3. The molecule has 1 aromatic heterocycles. The molecule has 0 saturated carbocycles. The van der Waals surface area contributed by atoms with Gasteiger partial charge in [-0.1, -0.05) is 18.2 Å². The van der Waals surface area contributed by atoms with Gasteiger partial charge in [-0.25, -0.2) is 0 Å². The Kier molecular flexibility index (Phi) is 5.38. The first kappa shape index (κ1) is 17.0. The molecule has 4 nitrogen and oxygen atoms in total. The maximum Gasteiger partial charge on any atom is 0.471 e. The van der Waals surface area contributed by atoms with Crippen LogP contribution in [0.15, 0.2) is 41.8 Å². The van der Waals surface area contributed by atoms with Gasteiger partial charge < -0.3 is 10.6 Å². The van der Waals surface area contributed by atoms with Crippen LogP contribution in [-0.4, -0.2) is 18.0 Å². The molecule has 0 radical (unpaired) electrons. The number of thiophene rings is 1. The second-order valence-electron chi connectivity index (χ2n) is 4.69. The summed E-state index contributed by atoms with van der Waals surface area (Å²) in [6.07, 6.45) is -4.69. The number of amides is 2. The van der Waals surface area contributed by atoms with Gasteiger partial charge in [0.25, 0.3) is 0 Å². The molecule has 1 aromatic carbocycles. The van der Waals surface area contributed by atoms with Gasteiger partial charge in [0.15, 0.2) is 0 Å². The lowest BCUT2D eigenvalue weighted by molar-refractivity contribution is -0.167. The molecule has 23 heavy (non-hydrogen) atoms. The third kappa shape index (κ3) is 5.41. The van der Waals surface area contributed by atoms with Crippen molar-refractivity contribution in [1.29, 1.82) is 0 Å². The van der Waals surface area contributed by atoms with Crippen molar-refractivity contribution in [1.82, 2.24) is 5.32 Å². The number of rotatable bonds is 5. The highest BCUT2D eigenvalue weighted by atomic mass is 32.1. The summed E-state index contributed by atoms with van der Waals surface area (Å²) in [6.45, 7) is 0.167. The first-order chi connectivity index (χ1) is 10.8. The molecular weight excluding hydrogens is 329 g/mol. The highest BCUT2D eigenvalue weighted by Crippen LogP contribution is 2.19.